The van der Waals surface area contributed by atoms with Crippen LogP contribution in [0.2, 0.25) is 0 Å². The molecule has 7 nitrogen and oxygen atoms in total. The third kappa shape index (κ3) is 9.61. The van der Waals surface area contributed by atoms with E-state index in [0.717, 1.165) is 0 Å². The summed E-state index contributed by atoms with van der Waals surface area (Å²) < 4.78 is 0. The van der Waals surface area contributed by atoms with Gasteiger partial charge in [0, 0.05) is 18.4 Å². The first kappa shape index (κ1) is 12.7. The van der Waals surface area contributed by atoms with E-state index < -0.39 is 11.9 Å². The molecule has 80 valence electrons. The van der Waals surface area contributed by atoms with Crippen LogP contribution < -0.4 is 0 Å². The summed E-state index contributed by atoms with van der Waals surface area (Å²) in [6.07, 6.45) is 4.71. The second-order valence-electron chi connectivity index (χ2n) is 2.21. The smallest absolute Gasteiger partial charge is 0.328 e. The first-order chi connectivity index (χ1) is 7.02. The monoisotopic (exact) mass is 212 g/mol. The van der Waals surface area contributed by atoms with Crippen LogP contribution in [0, 0.1) is 0 Å². The predicted octanol–water partition coefficient (Wildman–Crippen LogP) is 0.594. The lowest BCUT2D eigenvalue weighted by molar-refractivity contribution is -0.134. The standard InChI is InChI=1S/C4H4N2O.C4H4O4/c7-4-2-1-3-5-6-4;5-3(6)1-2-4(7)8/h1,3H,2H2;1-2H,(H,5,6)(H,7,8). The summed E-state index contributed by atoms with van der Waals surface area (Å²) in [5.41, 5.74) is 0. The van der Waals surface area contributed by atoms with Crippen molar-refractivity contribution in [3.05, 3.63) is 24.4 Å². The third-order valence-corrected chi connectivity index (χ3v) is 1.00. The van der Waals surface area contributed by atoms with Crippen molar-refractivity contribution in [2.45, 2.75) is 6.42 Å². The van der Waals surface area contributed by atoms with Crippen molar-refractivity contribution in [3.63, 3.8) is 0 Å². The van der Waals surface area contributed by atoms with Crippen LogP contribution in [0.25, 0.3) is 0 Å². The van der Waals surface area contributed by atoms with Gasteiger partial charge in [-0.3, -0.25) is 4.79 Å². The summed E-state index contributed by atoms with van der Waals surface area (Å²) in [5.74, 6) is -2.68. The fourth-order valence-electron chi connectivity index (χ4n) is 0.482. The molecule has 0 saturated carbocycles. The van der Waals surface area contributed by atoms with Gasteiger partial charge < -0.3 is 10.2 Å². The SMILES string of the molecule is O=C(O)C=CC(=O)O.O=C1CC=CN=N1. The van der Waals surface area contributed by atoms with E-state index in [0.29, 0.717) is 18.6 Å². The Morgan fingerprint density at radius 3 is 2.00 bits per heavy atom. The van der Waals surface area contributed by atoms with Gasteiger partial charge in [0.05, 0.1) is 6.42 Å². The second kappa shape index (κ2) is 7.13. The summed E-state index contributed by atoms with van der Waals surface area (Å²) in [5, 5.41) is 22.2. The number of carbonyl (C=O) groups is 3. The number of carboxylic acid groups (broad SMARTS) is 2. The minimum Gasteiger partial charge on any atom is -0.478 e. The highest BCUT2D eigenvalue weighted by Crippen LogP contribution is 1.95. The molecule has 0 spiro atoms. The zero-order chi connectivity index (χ0) is 11.7. The Bertz CT molecular complexity index is 327. The molecule has 0 aliphatic carbocycles. The number of hydrogen-bond donors (Lipinski definition) is 2. The number of nitrogens with zero attached hydrogens (tertiary/aromatic N) is 2. The third-order valence-electron chi connectivity index (χ3n) is 1.00. The van der Waals surface area contributed by atoms with Crippen LogP contribution in [0.5, 0.6) is 0 Å². The van der Waals surface area contributed by atoms with E-state index in [1.807, 2.05) is 0 Å². The van der Waals surface area contributed by atoms with Gasteiger partial charge in [-0.1, -0.05) is 6.08 Å². The molecule has 2 N–H and O–H groups in total. The zero-order valence-corrected chi connectivity index (χ0v) is 7.53. The number of carbonyl (C=O) groups excluding carboxylic acids is 1. The maximum Gasteiger partial charge on any atom is 0.328 e. The summed E-state index contributed by atoms with van der Waals surface area (Å²) in [7, 11) is 0. The Morgan fingerprint density at radius 1 is 1.27 bits per heavy atom. The first-order valence-corrected chi connectivity index (χ1v) is 3.75. The molecule has 0 aromatic rings. The van der Waals surface area contributed by atoms with Crippen molar-refractivity contribution < 1.29 is 24.6 Å². The molecule has 0 atom stereocenters. The molecule has 1 aliphatic heterocycles. The topological polar surface area (TPSA) is 116 Å². The van der Waals surface area contributed by atoms with E-state index in [1.54, 1.807) is 6.08 Å². The van der Waals surface area contributed by atoms with Crippen LogP contribution in [-0.4, -0.2) is 28.1 Å². The van der Waals surface area contributed by atoms with E-state index in [2.05, 4.69) is 10.2 Å². The van der Waals surface area contributed by atoms with E-state index in [-0.39, 0.29) is 5.91 Å². The van der Waals surface area contributed by atoms with Gasteiger partial charge in [0.1, 0.15) is 0 Å². The van der Waals surface area contributed by atoms with Gasteiger partial charge in [0.2, 0.25) is 0 Å². The molecule has 7 heteroatoms. The van der Waals surface area contributed by atoms with E-state index in [9.17, 15) is 14.4 Å². The molecule has 0 radical (unpaired) electrons. The van der Waals surface area contributed by atoms with Gasteiger partial charge in [-0.2, -0.15) is 5.11 Å². The van der Waals surface area contributed by atoms with Gasteiger partial charge in [-0.05, 0) is 0 Å². The number of azo groups is 1. The molecule has 0 fully saturated rings. The fraction of sp³-hybridized carbons (Fsp3) is 0.125. The highest BCUT2D eigenvalue weighted by molar-refractivity contribution is 5.89. The van der Waals surface area contributed by atoms with Crippen molar-refractivity contribution in [1.82, 2.24) is 0 Å². The van der Waals surface area contributed by atoms with Gasteiger partial charge >= 0.3 is 11.9 Å². The zero-order valence-electron chi connectivity index (χ0n) is 7.53. The summed E-state index contributed by atoms with van der Waals surface area (Å²) in [6.45, 7) is 0. The van der Waals surface area contributed by atoms with E-state index in [1.165, 1.54) is 6.20 Å². The molecule has 0 aromatic carbocycles. The van der Waals surface area contributed by atoms with Crippen LogP contribution in [-0.2, 0) is 14.4 Å². The maximum absolute atomic E-state index is 10.2. The summed E-state index contributed by atoms with van der Waals surface area (Å²) in [6, 6.07) is 0. The van der Waals surface area contributed by atoms with E-state index >= 15 is 0 Å². The minimum absolute atomic E-state index is 0.164. The van der Waals surface area contributed by atoms with Crippen molar-refractivity contribution >= 4 is 17.8 Å². The number of hydrogen-bond acceptors (Lipinski definition) is 4. The lowest BCUT2D eigenvalue weighted by atomic mass is 10.4. The molecule has 1 heterocycles. The molecular formula is C8H8N2O5. The molecule has 0 unspecified atom stereocenters. The average molecular weight is 212 g/mol. The van der Waals surface area contributed by atoms with Crippen LogP contribution >= 0.6 is 0 Å². The summed E-state index contributed by atoms with van der Waals surface area (Å²) in [4.78, 5) is 29.3. The van der Waals surface area contributed by atoms with Gasteiger partial charge in [-0.25, -0.2) is 9.59 Å². The molecule has 0 aromatic heterocycles. The molecule has 1 rings (SSSR count). The molecule has 0 bridgehead atoms. The first-order valence-electron chi connectivity index (χ1n) is 3.75. The Morgan fingerprint density at radius 2 is 1.80 bits per heavy atom. The molecular weight excluding hydrogens is 204 g/mol. The Balaban J connectivity index is 0.000000262. The van der Waals surface area contributed by atoms with E-state index in [4.69, 9.17) is 10.2 Å². The summed E-state index contributed by atoms with van der Waals surface area (Å²) >= 11 is 0. The van der Waals surface area contributed by atoms with Gasteiger partial charge in [0.25, 0.3) is 5.91 Å². The average Bonchev–Trinajstić information content (AvgIpc) is 2.17. The number of carboxylic acids is 2. The second-order valence-corrected chi connectivity index (χ2v) is 2.21. The van der Waals surface area contributed by atoms with Gasteiger partial charge in [-0.15, -0.1) is 5.11 Å². The maximum atomic E-state index is 10.2. The Kier molecular flexibility index (Phi) is 6.03. The lowest BCUT2D eigenvalue weighted by Crippen LogP contribution is -1.91. The largest absolute Gasteiger partial charge is 0.478 e. The highest BCUT2D eigenvalue weighted by atomic mass is 16.4. The molecule has 1 aliphatic rings. The fourth-order valence-corrected chi connectivity index (χ4v) is 0.482. The van der Waals surface area contributed by atoms with Crippen LogP contribution in [0.4, 0.5) is 0 Å². The molecule has 15 heavy (non-hydrogen) atoms. The van der Waals surface area contributed by atoms with Crippen LogP contribution in [0.15, 0.2) is 34.7 Å². The molecule has 0 saturated heterocycles. The minimum atomic E-state index is -1.26. The quantitative estimate of drug-likeness (QED) is 0.650. The predicted molar refractivity (Wildman–Crippen MR) is 48.0 cm³/mol. The van der Waals surface area contributed by atoms with Crippen LogP contribution in [0.3, 0.4) is 0 Å². The van der Waals surface area contributed by atoms with Crippen molar-refractivity contribution in [1.29, 1.82) is 0 Å². The van der Waals surface area contributed by atoms with Crippen LogP contribution in [0.1, 0.15) is 6.42 Å². The molecule has 1 amide bonds. The van der Waals surface area contributed by atoms with Crippen molar-refractivity contribution in [2.75, 3.05) is 0 Å². The number of amides is 1. The lowest BCUT2D eigenvalue weighted by Gasteiger charge is -1.86. The number of aliphatic carboxylic acids is 2. The van der Waals surface area contributed by atoms with Gasteiger partial charge in [0.15, 0.2) is 0 Å². The van der Waals surface area contributed by atoms with Crippen molar-refractivity contribution in [3.8, 4) is 0 Å². The highest BCUT2D eigenvalue weighted by Gasteiger charge is 1.95. The Hall–Kier alpha value is -2.31. The van der Waals surface area contributed by atoms with Crippen molar-refractivity contribution in [2.24, 2.45) is 10.2 Å². The number of rotatable bonds is 2. The normalized spacial score (nSPS) is 13.5. The Labute approximate surface area is 84.4 Å².